The quantitative estimate of drug-likeness (QED) is 0.904. The lowest BCUT2D eigenvalue weighted by Gasteiger charge is -2.28. The zero-order valence-electron chi connectivity index (χ0n) is 12.6. The molecule has 1 saturated heterocycles. The van der Waals surface area contributed by atoms with Crippen molar-refractivity contribution in [1.82, 2.24) is 15.0 Å². The Labute approximate surface area is 142 Å². The van der Waals surface area contributed by atoms with E-state index in [0.29, 0.717) is 43.9 Å². The van der Waals surface area contributed by atoms with Crippen LogP contribution in [0.1, 0.15) is 18.7 Å². The average molecular weight is 360 g/mol. The lowest BCUT2D eigenvalue weighted by atomic mass is 9.97. The fourth-order valence-corrected chi connectivity index (χ4v) is 2.60. The molecule has 130 valence electrons. The van der Waals surface area contributed by atoms with Crippen LogP contribution < -0.4 is 0 Å². The van der Waals surface area contributed by atoms with Crippen molar-refractivity contribution in [3.05, 3.63) is 35.7 Å². The van der Waals surface area contributed by atoms with Gasteiger partial charge in [0.2, 0.25) is 11.7 Å². The highest BCUT2D eigenvalue weighted by molar-refractivity contribution is 5.85. The minimum Gasteiger partial charge on any atom is -0.481 e. The Morgan fingerprint density at radius 3 is 2.62 bits per heavy atom. The SMILES string of the molecule is Cl.O=C(O)C1CCN(Cc2nc(-c3ccc(F)c(F)c3)no2)CC1. The molecule has 6 nitrogen and oxygen atoms in total. The third-order valence-corrected chi connectivity index (χ3v) is 3.94. The molecule has 24 heavy (non-hydrogen) atoms. The number of nitrogens with zero attached hydrogens (tertiary/aromatic N) is 3. The second-order valence-corrected chi connectivity index (χ2v) is 5.53. The molecular weight excluding hydrogens is 344 g/mol. The van der Waals surface area contributed by atoms with Crippen LogP contribution in [0.15, 0.2) is 22.7 Å². The van der Waals surface area contributed by atoms with Gasteiger partial charge in [-0.2, -0.15) is 4.98 Å². The number of aliphatic carboxylic acids is 1. The number of likely N-dealkylation sites (tertiary alicyclic amines) is 1. The summed E-state index contributed by atoms with van der Waals surface area (Å²) in [6.45, 7) is 1.68. The fourth-order valence-electron chi connectivity index (χ4n) is 2.60. The molecule has 1 N–H and O–H groups in total. The van der Waals surface area contributed by atoms with Gasteiger partial charge in [-0.3, -0.25) is 9.69 Å². The molecule has 0 unspecified atom stereocenters. The smallest absolute Gasteiger partial charge is 0.306 e. The fraction of sp³-hybridized carbons (Fsp3) is 0.400. The van der Waals surface area contributed by atoms with Gasteiger partial charge in [0.05, 0.1) is 12.5 Å². The van der Waals surface area contributed by atoms with E-state index in [1.807, 2.05) is 4.90 Å². The van der Waals surface area contributed by atoms with Crippen LogP contribution in [0.2, 0.25) is 0 Å². The number of hydrogen-bond donors (Lipinski definition) is 1. The maximum Gasteiger partial charge on any atom is 0.306 e. The second kappa shape index (κ2) is 7.67. The lowest BCUT2D eigenvalue weighted by Crippen LogP contribution is -2.35. The van der Waals surface area contributed by atoms with Gasteiger partial charge in [0, 0.05) is 5.56 Å². The summed E-state index contributed by atoms with van der Waals surface area (Å²) in [7, 11) is 0. The molecule has 0 bridgehead atoms. The summed E-state index contributed by atoms with van der Waals surface area (Å²) >= 11 is 0. The van der Waals surface area contributed by atoms with Crippen LogP contribution in [0.5, 0.6) is 0 Å². The Hall–Kier alpha value is -2.06. The summed E-state index contributed by atoms with van der Waals surface area (Å²) in [6.07, 6.45) is 1.17. The summed E-state index contributed by atoms with van der Waals surface area (Å²) in [5.41, 5.74) is 0.337. The van der Waals surface area contributed by atoms with Gasteiger partial charge < -0.3 is 9.63 Å². The second-order valence-electron chi connectivity index (χ2n) is 5.53. The lowest BCUT2D eigenvalue weighted by molar-refractivity contribution is -0.143. The molecule has 3 rings (SSSR count). The van der Waals surface area contributed by atoms with E-state index in [4.69, 9.17) is 9.63 Å². The molecule has 9 heteroatoms. The Bertz CT molecular complexity index is 718. The van der Waals surface area contributed by atoms with E-state index in [9.17, 15) is 13.6 Å². The van der Waals surface area contributed by atoms with Crippen LogP contribution in [0.25, 0.3) is 11.4 Å². The number of carbonyl (C=O) groups is 1. The number of hydrogen-bond acceptors (Lipinski definition) is 5. The van der Waals surface area contributed by atoms with Crippen LogP contribution in [-0.4, -0.2) is 39.2 Å². The number of rotatable bonds is 4. The molecule has 1 fully saturated rings. The molecule has 1 aromatic heterocycles. The number of carboxylic acid groups (broad SMARTS) is 1. The van der Waals surface area contributed by atoms with Crippen LogP contribution in [0, 0.1) is 17.6 Å². The van der Waals surface area contributed by atoms with E-state index in [1.165, 1.54) is 6.07 Å². The monoisotopic (exact) mass is 359 g/mol. The topological polar surface area (TPSA) is 79.5 Å². The normalized spacial score (nSPS) is 15.9. The first-order valence-electron chi connectivity index (χ1n) is 7.26. The van der Waals surface area contributed by atoms with Crippen molar-refractivity contribution in [1.29, 1.82) is 0 Å². The van der Waals surface area contributed by atoms with Gasteiger partial charge in [0.1, 0.15) is 0 Å². The van der Waals surface area contributed by atoms with Crippen molar-refractivity contribution >= 4 is 18.4 Å². The summed E-state index contributed by atoms with van der Waals surface area (Å²) in [6, 6.07) is 3.41. The van der Waals surface area contributed by atoms with Crippen molar-refractivity contribution in [2.24, 2.45) is 5.92 Å². The number of piperidine rings is 1. The molecule has 0 amide bonds. The van der Waals surface area contributed by atoms with Crippen molar-refractivity contribution in [2.75, 3.05) is 13.1 Å². The van der Waals surface area contributed by atoms with Crippen molar-refractivity contribution in [3.63, 3.8) is 0 Å². The number of benzene rings is 1. The van der Waals surface area contributed by atoms with Gasteiger partial charge in [-0.15, -0.1) is 12.4 Å². The molecule has 2 aromatic rings. The first kappa shape index (κ1) is 18.3. The third kappa shape index (κ3) is 4.07. The van der Waals surface area contributed by atoms with Crippen LogP contribution in [-0.2, 0) is 11.3 Å². The van der Waals surface area contributed by atoms with E-state index in [1.54, 1.807) is 0 Å². The number of carboxylic acids is 1. The van der Waals surface area contributed by atoms with Gasteiger partial charge in [-0.1, -0.05) is 5.16 Å². The Morgan fingerprint density at radius 1 is 1.29 bits per heavy atom. The average Bonchev–Trinajstić information content (AvgIpc) is 2.99. The molecule has 1 aliphatic heterocycles. The molecule has 1 aromatic carbocycles. The first-order chi connectivity index (χ1) is 11.0. The minimum absolute atomic E-state index is 0. The highest BCUT2D eigenvalue weighted by atomic mass is 35.5. The Kier molecular flexibility index (Phi) is 5.84. The van der Waals surface area contributed by atoms with Gasteiger partial charge in [-0.25, -0.2) is 8.78 Å². The Balaban J connectivity index is 0.00000208. The van der Waals surface area contributed by atoms with Crippen LogP contribution in [0.3, 0.4) is 0 Å². The summed E-state index contributed by atoms with van der Waals surface area (Å²) < 4.78 is 31.3. The van der Waals surface area contributed by atoms with Crippen LogP contribution in [0.4, 0.5) is 8.78 Å². The largest absolute Gasteiger partial charge is 0.481 e. The predicted molar refractivity (Wildman–Crippen MR) is 82.5 cm³/mol. The highest BCUT2D eigenvalue weighted by Gasteiger charge is 2.25. The standard InChI is InChI=1S/C15H15F2N3O3.ClH/c16-11-2-1-10(7-12(11)17)14-18-13(23-19-14)8-20-5-3-9(4-6-20)15(21)22;/h1-2,7,9H,3-6,8H2,(H,21,22);1H. The van der Waals surface area contributed by atoms with Crippen molar-refractivity contribution < 1.29 is 23.2 Å². The summed E-state index contributed by atoms with van der Waals surface area (Å²) in [5.74, 6) is -2.41. The zero-order chi connectivity index (χ0) is 16.4. The molecule has 0 spiro atoms. The molecule has 0 atom stereocenters. The summed E-state index contributed by atoms with van der Waals surface area (Å²) in [4.78, 5) is 17.1. The van der Waals surface area contributed by atoms with E-state index < -0.39 is 17.6 Å². The highest BCUT2D eigenvalue weighted by Crippen LogP contribution is 2.21. The van der Waals surface area contributed by atoms with E-state index >= 15 is 0 Å². The molecule has 2 heterocycles. The Morgan fingerprint density at radius 2 is 2.00 bits per heavy atom. The van der Waals surface area contributed by atoms with E-state index in [0.717, 1.165) is 12.1 Å². The predicted octanol–water partition coefficient (Wildman–Crippen LogP) is 2.73. The molecule has 1 aliphatic rings. The summed E-state index contributed by atoms with van der Waals surface area (Å²) in [5, 5.41) is 12.7. The van der Waals surface area contributed by atoms with Crippen LogP contribution >= 0.6 is 12.4 Å². The minimum atomic E-state index is -0.968. The number of halogens is 3. The van der Waals surface area contributed by atoms with Gasteiger partial charge >= 0.3 is 5.97 Å². The van der Waals surface area contributed by atoms with Gasteiger partial charge in [-0.05, 0) is 44.1 Å². The molecule has 0 aliphatic carbocycles. The molecular formula is C15H16ClF2N3O3. The van der Waals surface area contributed by atoms with Crippen molar-refractivity contribution in [2.45, 2.75) is 19.4 Å². The van der Waals surface area contributed by atoms with E-state index in [2.05, 4.69) is 10.1 Å². The third-order valence-electron chi connectivity index (χ3n) is 3.94. The molecule has 0 saturated carbocycles. The number of aromatic nitrogens is 2. The van der Waals surface area contributed by atoms with E-state index in [-0.39, 0.29) is 24.1 Å². The van der Waals surface area contributed by atoms with Crippen molar-refractivity contribution in [3.8, 4) is 11.4 Å². The maximum absolute atomic E-state index is 13.2. The zero-order valence-corrected chi connectivity index (χ0v) is 13.4. The van der Waals surface area contributed by atoms with Gasteiger partial charge in [0.25, 0.3) is 0 Å². The maximum atomic E-state index is 13.2. The molecule has 0 radical (unpaired) electrons. The van der Waals surface area contributed by atoms with Gasteiger partial charge in [0.15, 0.2) is 11.6 Å². The first-order valence-corrected chi connectivity index (χ1v) is 7.26.